The Morgan fingerprint density at radius 3 is 2.57 bits per heavy atom. The van der Waals surface area contributed by atoms with Gasteiger partial charge in [0.25, 0.3) is 0 Å². The zero-order valence-electron chi connectivity index (χ0n) is 12.0. The first-order valence-electron chi connectivity index (χ1n) is 6.72. The third-order valence-corrected chi connectivity index (χ3v) is 4.22. The highest BCUT2D eigenvalue weighted by Crippen LogP contribution is 2.39. The van der Waals surface area contributed by atoms with Gasteiger partial charge in [-0.1, -0.05) is 57.9 Å². The largest absolute Gasteiger partial charge is 0.383 e. The van der Waals surface area contributed by atoms with E-state index in [1.165, 1.54) is 5.56 Å². The molecule has 3 aromatic rings. The summed E-state index contributed by atoms with van der Waals surface area (Å²) in [5.41, 5.74) is 11.5. The van der Waals surface area contributed by atoms with Gasteiger partial charge in [-0.05, 0) is 19.1 Å². The highest BCUT2D eigenvalue weighted by molar-refractivity contribution is 9.10. The number of rotatable bonds is 2. The summed E-state index contributed by atoms with van der Waals surface area (Å²) in [6.45, 7) is 2.08. The van der Waals surface area contributed by atoms with Crippen LogP contribution in [0.2, 0.25) is 0 Å². The SMILES string of the molecule is Cc1cccc(-c2nn(C)c(N)c2-c2ccccc2Br)c1. The Kier molecular flexibility index (Phi) is 3.55. The third-order valence-electron chi connectivity index (χ3n) is 3.53. The molecule has 2 aromatic carbocycles. The molecule has 0 radical (unpaired) electrons. The van der Waals surface area contributed by atoms with Crippen molar-refractivity contribution in [3.8, 4) is 22.4 Å². The first-order valence-corrected chi connectivity index (χ1v) is 7.51. The number of hydrogen-bond acceptors (Lipinski definition) is 2. The molecule has 2 N–H and O–H groups in total. The Balaban J connectivity index is 2.29. The van der Waals surface area contributed by atoms with Gasteiger partial charge in [-0.25, -0.2) is 0 Å². The number of nitrogens with zero attached hydrogens (tertiary/aromatic N) is 2. The predicted molar refractivity (Wildman–Crippen MR) is 90.9 cm³/mol. The summed E-state index contributed by atoms with van der Waals surface area (Å²) >= 11 is 3.61. The smallest absolute Gasteiger partial charge is 0.129 e. The average molecular weight is 342 g/mol. The molecule has 106 valence electrons. The van der Waals surface area contributed by atoms with Crippen LogP contribution in [0.5, 0.6) is 0 Å². The van der Waals surface area contributed by atoms with Crippen LogP contribution in [0, 0.1) is 6.92 Å². The molecule has 0 spiro atoms. The van der Waals surface area contributed by atoms with Crippen molar-refractivity contribution in [1.82, 2.24) is 9.78 Å². The topological polar surface area (TPSA) is 43.8 Å². The Morgan fingerprint density at radius 1 is 1.10 bits per heavy atom. The molecule has 0 saturated heterocycles. The summed E-state index contributed by atoms with van der Waals surface area (Å²) in [7, 11) is 1.87. The van der Waals surface area contributed by atoms with Crippen molar-refractivity contribution in [2.45, 2.75) is 6.92 Å². The molecule has 1 heterocycles. The average Bonchev–Trinajstić information content (AvgIpc) is 2.76. The van der Waals surface area contributed by atoms with Gasteiger partial charge >= 0.3 is 0 Å². The summed E-state index contributed by atoms with van der Waals surface area (Å²) in [5, 5.41) is 4.61. The van der Waals surface area contributed by atoms with Crippen molar-refractivity contribution >= 4 is 21.7 Å². The maximum Gasteiger partial charge on any atom is 0.129 e. The molecule has 0 fully saturated rings. The van der Waals surface area contributed by atoms with E-state index in [1.54, 1.807) is 4.68 Å². The van der Waals surface area contributed by atoms with Crippen LogP contribution in [-0.4, -0.2) is 9.78 Å². The van der Waals surface area contributed by atoms with Crippen LogP contribution in [0.3, 0.4) is 0 Å². The second-order valence-electron chi connectivity index (χ2n) is 5.08. The molecule has 0 atom stereocenters. The predicted octanol–water partition coefficient (Wildman–Crippen LogP) is 4.41. The fourth-order valence-electron chi connectivity index (χ4n) is 2.46. The molecule has 21 heavy (non-hydrogen) atoms. The van der Waals surface area contributed by atoms with Gasteiger partial charge < -0.3 is 5.73 Å². The monoisotopic (exact) mass is 341 g/mol. The number of nitrogens with two attached hydrogens (primary N) is 1. The van der Waals surface area contributed by atoms with Gasteiger partial charge in [-0.15, -0.1) is 0 Å². The summed E-state index contributed by atoms with van der Waals surface area (Å²) in [4.78, 5) is 0. The molecule has 0 bridgehead atoms. The fourth-order valence-corrected chi connectivity index (χ4v) is 2.94. The molecule has 1 aromatic heterocycles. The first kappa shape index (κ1) is 13.9. The summed E-state index contributed by atoms with van der Waals surface area (Å²) in [6.07, 6.45) is 0. The molecule has 0 aliphatic rings. The first-order chi connectivity index (χ1) is 10.1. The highest BCUT2D eigenvalue weighted by atomic mass is 79.9. The van der Waals surface area contributed by atoms with Gasteiger partial charge in [0, 0.05) is 22.6 Å². The molecular weight excluding hydrogens is 326 g/mol. The number of nitrogen functional groups attached to an aromatic ring is 1. The molecule has 0 aliphatic carbocycles. The van der Waals surface area contributed by atoms with Crippen LogP contribution in [0.25, 0.3) is 22.4 Å². The minimum absolute atomic E-state index is 0.665. The fraction of sp³-hybridized carbons (Fsp3) is 0.118. The van der Waals surface area contributed by atoms with Crippen molar-refractivity contribution < 1.29 is 0 Å². The van der Waals surface area contributed by atoms with E-state index >= 15 is 0 Å². The number of halogens is 1. The lowest BCUT2D eigenvalue weighted by atomic mass is 10.00. The molecule has 3 rings (SSSR count). The van der Waals surface area contributed by atoms with Gasteiger partial charge in [0.2, 0.25) is 0 Å². The zero-order chi connectivity index (χ0) is 15.0. The van der Waals surface area contributed by atoms with E-state index in [4.69, 9.17) is 5.73 Å². The van der Waals surface area contributed by atoms with Crippen LogP contribution in [0.4, 0.5) is 5.82 Å². The minimum atomic E-state index is 0.665. The Bertz CT molecular complexity index is 806. The van der Waals surface area contributed by atoms with Crippen LogP contribution < -0.4 is 5.73 Å². The van der Waals surface area contributed by atoms with Gasteiger partial charge in [0.05, 0.1) is 5.56 Å². The molecular formula is C17H16BrN3. The third kappa shape index (κ3) is 2.47. The standard InChI is InChI=1S/C17H16BrN3/c1-11-6-5-7-12(10-11)16-15(17(19)21(2)20-16)13-8-3-4-9-14(13)18/h3-10H,19H2,1-2H3. The van der Waals surface area contributed by atoms with E-state index in [0.717, 1.165) is 26.9 Å². The number of benzene rings is 2. The zero-order valence-corrected chi connectivity index (χ0v) is 13.6. The Labute approximate surface area is 132 Å². The van der Waals surface area contributed by atoms with Crippen LogP contribution in [-0.2, 0) is 7.05 Å². The lowest BCUT2D eigenvalue weighted by molar-refractivity contribution is 0.782. The maximum atomic E-state index is 6.26. The Morgan fingerprint density at radius 2 is 1.86 bits per heavy atom. The lowest BCUT2D eigenvalue weighted by Gasteiger charge is -2.07. The number of aryl methyl sites for hydroxylation is 2. The second kappa shape index (κ2) is 5.37. The number of anilines is 1. The minimum Gasteiger partial charge on any atom is -0.383 e. The van der Waals surface area contributed by atoms with Crippen molar-refractivity contribution in [3.05, 3.63) is 58.6 Å². The molecule has 4 heteroatoms. The van der Waals surface area contributed by atoms with E-state index < -0.39 is 0 Å². The van der Waals surface area contributed by atoms with E-state index in [-0.39, 0.29) is 0 Å². The Hall–Kier alpha value is -2.07. The normalized spacial score (nSPS) is 10.8. The van der Waals surface area contributed by atoms with E-state index in [1.807, 2.05) is 31.3 Å². The van der Waals surface area contributed by atoms with Gasteiger partial charge in [-0.2, -0.15) is 5.10 Å². The van der Waals surface area contributed by atoms with Crippen molar-refractivity contribution in [1.29, 1.82) is 0 Å². The van der Waals surface area contributed by atoms with E-state index in [0.29, 0.717) is 5.82 Å². The lowest BCUT2D eigenvalue weighted by Crippen LogP contribution is -1.98. The molecule has 0 saturated carbocycles. The molecule has 0 aliphatic heterocycles. The van der Waals surface area contributed by atoms with Crippen molar-refractivity contribution in [2.24, 2.45) is 7.05 Å². The van der Waals surface area contributed by atoms with Gasteiger partial charge in [0.1, 0.15) is 11.5 Å². The van der Waals surface area contributed by atoms with Crippen molar-refractivity contribution in [2.75, 3.05) is 5.73 Å². The van der Waals surface area contributed by atoms with Gasteiger partial charge in [-0.3, -0.25) is 4.68 Å². The molecule has 3 nitrogen and oxygen atoms in total. The molecule has 0 amide bonds. The maximum absolute atomic E-state index is 6.26. The molecule has 0 unspecified atom stereocenters. The quantitative estimate of drug-likeness (QED) is 0.750. The van der Waals surface area contributed by atoms with E-state index in [2.05, 4.69) is 52.2 Å². The van der Waals surface area contributed by atoms with Gasteiger partial charge in [0.15, 0.2) is 0 Å². The van der Waals surface area contributed by atoms with Crippen molar-refractivity contribution in [3.63, 3.8) is 0 Å². The summed E-state index contributed by atoms with van der Waals surface area (Å²) in [6, 6.07) is 16.4. The highest BCUT2D eigenvalue weighted by Gasteiger charge is 2.18. The van der Waals surface area contributed by atoms with Crippen LogP contribution in [0.1, 0.15) is 5.56 Å². The van der Waals surface area contributed by atoms with Crippen LogP contribution in [0.15, 0.2) is 53.0 Å². The summed E-state index contributed by atoms with van der Waals surface area (Å²) in [5.74, 6) is 0.665. The van der Waals surface area contributed by atoms with E-state index in [9.17, 15) is 0 Å². The second-order valence-corrected chi connectivity index (χ2v) is 5.94. The number of aromatic nitrogens is 2. The summed E-state index contributed by atoms with van der Waals surface area (Å²) < 4.78 is 2.74. The number of hydrogen-bond donors (Lipinski definition) is 1. The van der Waals surface area contributed by atoms with Crippen LogP contribution >= 0.6 is 15.9 Å².